The number of nitrogens with zero attached hydrogens (tertiary/aromatic N) is 7. The molecule has 15 heteroatoms. The Morgan fingerprint density at radius 2 is 1.89 bits per heavy atom. The van der Waals surface area contributed by atoms with Crippen LogP contribution in [0.5, 0.6) is 0 Å². The highest BCUT2D eigenvalue weighted by atomic mass is 35.5. The predicted molar refractivity (Wildman–Crippen MR) is 168 cm³/mol. The lowest BCUT2D eigenvalue weighted by Gasteiger charge is -2.17. The van der Waals surface area contributed by atoms with Crippen LogP contribution in [0.3, 0.4) is 0 Å². The van der Waals surface area contributed by atoms with Crippen LogP contribution in [0.1, 0.15) is 47.8 Å². The third-order valence-electron chi connectivity index (χ3n) is 6.36. The fourth-order valence-electron chi connectivity index (χ4n) is 4.27. The summed E-state index contributed by atoms with van der Waals surface area (Å²) >= 11 is 14.2. The van der Waals surface area contributed by atoms with E-state index in [0.29, 0.717) is 45.2 Å². The Hall–Kier alpha value is -4.72. The van der Waals surface area contributed by atoms with E-state index < -0.39 is 12.1 Å². The van der Waals surface area contributed by atoms with Crippen LogP contribution in [0.2, 0.25) is 10.2 Å². The minimum atomic E-state index is -1.17. The second kappa shape index (κ2) is 13.7. The average Bonchev–Trinajstić information content (AvgIpc) is 3.69. The van der Waals surface area contributed by atoms with Crippen molar-refractivity contribution in [2.75, 3.05) is 5.32 Å². The molecule has 1 unspecified atom stereocenters. The lowest BCUT2D eigenvalue weighted by atomic mass is 10.0. The fraction of sp³-hybridized carbons (Fsp3) is 0.172. The number of carbonyl (C=O) groups is 2. The number of hydrogen-bond donors (Lipinski definition) is 3. The Morgan fingerprint density at radius 3 is 2.57 bits per heavy atom. The third-order valence-corrected chi connectivity index (χ3v) is 8.07. The predicted octanol–water partition coefficient (Wildman–Crippen LogP) is 6.21. The summed E-state index contributed by atoms with van der Waals surface area (Å²) in [7, 11) is 0. The molecule has 3 aromatic heterocycles. The number of carbonyl (C=O) groups excluding carboxylic acids is 1. The molecule has 0 spiro atoms. The normalized spacial score (nSPS) is 12.0. The number of carboxylic acid groups (broad SMARTS) is 1. The van der Waals surface area contributed by atoms with Crippen molar-refractivity contribution in [3.8, 4) is 16.8 Å². The number of tetrazole rings is 1. The topological polar surface area (TPSA) is 161 Å². The lowest BCUT2D eigenvalue weighted by Crippen LogP contribution is -2.29. The molecule has 12 nitrogen and oxygen atoms in total. The van der Waals surface area contributed by atoms with Gasteiger partial charge in [0.25, 0.3) is 0 Å². The van der Waals surface area contributed by atoms with Crippen LogP contribution in [0, 0.1) is 0 Å². The number of halogens is 2. The molecule has 5 rings (SSSR count). The van der Waals surface area contributed by atoms with Crippen LogP contribution in [0.4, 0.5) is 10.5 Å². The van der Waals surface area contributed by atoms with E-state index in [0.717, 1.165) is 10.7 Å². The summed E-state index contributed by atoms with van der Waals surface area (Å²) in [5.41, 5.74) is 4.21. The van der Waals surface area contributed by atoms with Gasteiger partial charge < -0.3 is 10.4 Å². The summed E-state index contributed by atoms with van der Waals surface area (Å²) < 4.78 is 1.47. The molecule has 0 fully saturated rings. The van der Waals surface area contributed by atoms with Crippen molar-refractivity contribution in [2.45, 2.75) is 32.2 Å². The van der Waals surface area contributed by atoms with Gasteiger partial charge in [-0.2, -0.15) is 9.78 Å². The monoisotopic (exact) mass is 649 g/mol. The van der Waals surface area contributed by atoms with E-state index in [-0.39, 0.29) is 17.0 Å². The lowest BCUT2D eigenvalue weighted by molar-refractivity contribution is -0.117. The standard InChI is InChI=1S/C29H25Cl2N9O3S/c1-16(2)28-33-21(14-44-28)12-23(24-13-22(27(31)37-36-24)17-3-7-20(8-4-17)34-29(42)43)35-26(41)10-5-18-11-19(30)6-9-25(18)40-15-32-38-39-40/h3-11,13-16,23,34H,12H2,1-2H3,(H,35,41)(H,42,43). The number of aromatic nitrogens is 7. The molecule has 0 saturated heterocycles. The van der Waals surface area contributed by atoms with Gasteiger partial charge in [-0.05, 0) is 58.5 Å². The van der Waals surface area contributed by atoms with Gasteiger partial charge in [-0.15, -0.1) is 21.5 Å². The molecule has 0 aliphatic carbocycles. The van der Waals surface area contributed by atoms with Gasteiger partial charge in [0, 0.05) is 45.6 Å². The number of nitrogens with one attached hydrogen (secondary N) is 2. The Kier molecular flexibility index (Phi) is 9.58. The molecule has 3 heterocycles. The van der Waals surface area contributed by atoms with Gasteiger partial charge in [0.05, 0.1) is 28.1 Å². The van der Waals surface area contributed by atoms with Crippen molar-refractivity contribution >= 4 is 58.3 Å². The maximum atomic E-state index is 13.3. The van der Waals surface area contributed by atoms with E-state index in [9.17, 15) is 9.59 Å². The Bertz CT molecular complexity index is 1810. The van der Waals surface area contributed by atoms with Crippen molar-refractivity contribution in [3.63, 3.8) is 0 Å². The molecule has 0 saturated carbocycles. The second-order valence-corrected chi connectivity index (χ2v) is 11.6. The van der Waals surface area contributed by atoms with Crippen LogP contribution in [0.25, 0.3) is 22.9 Å². The van der Waals surface area contributed by atoms with Gasteiger partial charge >= 0.3 is 6.09 Å². The molecule has 2 amide bonds. The summed E-state index contributed by atoms with van der Waals surface area (Å²) in [6, 6.07) is 13.0. The van der Waals surface area contributed by atoms with Crippen LogP contribution in [-0.4, -0.2) is 52.5 Å². The minimum absolute atomic E-state index is 0.157. The van der Waals surface area contributed by atoms with Crippen LogP contribution >= 0.6 is 34.5 Å². The maximum absolute atomic E-state index is 13.3. The zero-order valence-corrected chi connectivity index (χ0v) is 25.7. The molecule has 5 aromatic rings. The van der Waals surface area contributed by atoms with Crippen molar-refractivity contribution in [2.24, 2.45) is 0 Å². The molecule has 0 bridgehead atoms. The molecule has 0 aliphatic heterocycles. The summed E-state index contributed by atoms with van der Waals surface area (Å²) in [6.07, 6.45) is 3.66. The van der Waals surface area contributed by atoms with Crippen molar-refractivity contribution in [1.29, 1.82) is 0 Å². The highest BCUT2D eigenvalue weighted by molar-refractivity contribution is 7.09. The quantitative estimate of drug-likeness (QED) is 0.149. The molecule has 3 N–H and O–H groups in total. The fourth-order valence-corrected chi connectivity index (χ4v) is 5.50. The summed E-state index contributed by atoms with van der Waals surface area (Å²) in [6.45, 7) is 4.14. The van der Waals surface area contributed by atoms with Crippen molar-refractivity contribution < 1.29 is 14.7 Å². The number of rotatable bonds is 10. The molecule has 1 atom stereocenters. The first kappa shape index (κ1) is 30.7. The number of thiazole rings is 1. The first-order valence-corrected chi connectivity index (χ1v) is 14.9. The van der Waals surface area contributed by atoms with E-state index in [1.54, 1.807) is 65.9 Å². The van der Waals surface area contributed by atoms with E-state index >= 15 is 0 Å². The Labute approximate surface area is 265 Å². The van der Waals surface area contributed by atoms with E-state index in [1.165, 1.54) is 17.1 Å². The third kappa shape index (κ3) is 7.61. The highest BCUT2D eigenvalue weighted by Crippen LogP contribution is 2.30. The molecular formula is C29H25Cl2N9O3S. The highest BCUT2D eigenvalue weighted by Gasteiger charge is 2.21. The largest absolute Gasteiger partial charge is 0.465 e. The summed E-state index contributed by atoms with van der Waals surface area (Å²) in [4.78, 5) is 29.0. The van der Waals surface area contributed by atoms with Crippen molar-refractivity contribution in [3.05, 3.63) is 98.4 Å². The molecule has 0 radical (unpaired) electrons. The van der Waals surface area contributed by atoms with Gasteiger partial charge in [0.1, 0.15) is 6.33 Å². The van der Waals surface area contributed by atoms with Gasteiger partial charge in [-0.3, -0.25) is 10.1 Å². The zero-order valence-electron chi connectivity index (χ0n) is 23.3. The van der Waals surface area contributed by atoms with E-state index in [4.69, 9.17) is 33.3 Å². The van der Waals surface area contributed by atoms with Gasteiger partial charge in [0.2, 0.25) is 5.91 Å². The number of amides is 2. The minimum Gasteiger partial charge on any atom is -0.465 e. The number of benzene rings is 2. The molecule has 2 aromatic carbocycles. The average molecular weight is 651 g/mol. The molecule has 44 heavy (non-hydrogen) atoms. The van der Waals surface area contributed by atoms with Gasteiger partial charge in [0.15, 0.2) is 5.15 Å². The number of anilines is 1. The van der Waals surface area contributed by atoms with Crippen LogP contribution in [-0.2, 0) is 11.2 Å². The summed E-state index contributed by atoms with van der Waals surface area (Å²) in [5, 5.41) is 37.7. The summed E-state index contributed by atoms with van der Waals surface area (Å²) in [5.74, 6) is -0.128. The SMILES string of the molecule is CC(C)c1nc(CC(NC(=O)C=Cc2cc(Cl)ccc2-n2cnnn2)c2cc(-c3ccc(NC(=O)O)cc3)c(Cl)nn2)cs1. The molecule has 0 aliphatic rings. The molecular weight excluding hydrogens is 625 g/mol. The van der Waals surface area contributed by atoms with Crippen molar-refractivity contribution in [1.82, 2.24) is 40.7 Å². The molecule has 224 valence electrons. The first-order valence-electron chi connectivity index (χ1n) is 13.3. The number of hydrogen-bond acceptors (Lipinski definition) is 9. The Morgan fingerprint density at radius 1 is 1.09 bits per heavy atom. The van der Waals surface area contributed by atoms with Gasteiger partial charge in [-0.1, -0.05) is 49.2 Å². The second-order valence-electron chi connectivity index (χ2n) is 9.87. The van der Waals surface area contributed by atoms with Gasteiger partial charge in [-0.25, -0.2) is 9.78 Å². The van der Waals surface area contributed by atoms with E-state index in [2.05, 4.69) is 50.2 Å². The van der Waals surface area contributed by atoms with Crippen LogP contribution < -0.4 is 10.6 Å². The zero-order chi connectivity index (χ0) is 31.2. The Balaban J connectivity index is 1.44. The van der Waals surface area contributed by atoms with Crippen LogP contribution in [0.15, 0.2) is 66.3 Å². The smallest absolute Gasteiger partial charge is 0.409 e. The first-order chi connectivity index (χ1) is 21.2. The maximum Gasteiger partial charge on any atom is 0.409 e. The van der Waals surface area contributed by atoms with E-state index in [1.807, 2.05) is 5.38 Å².